The van der Waals surface area contributed by atoms with Crippen molar-refractivity contribution >= 4 is 22.3 Å². The van der Waals surface area contributed by atoms with Gasteiger partial charge in [-0.05, 0) is 26.0 Å². The Hall–Kier alpha value is -1.77. The van der Waals surface area contributed by atoms with Gasteiger partial charge in [0.15, 0.2) is 0 Å². The van der Waals surface area contributed by atoms with Crippen molar-refractivity contribution in [3.8, 4) is 0 Å². The lowest BCUT2D eigenvalue weighted by molar-refractivity contribution is 0.181. The van der Waals surface area contributed by atoms with Crippen LogP contribution in [-0.2, 0) is 14.3 Å². The van der Waals surface area contributed by atoms with Crippen LogP contribution in [0.25, 0.3) is 0 Å². The van der Waals surface area contributed by atoms with Crippen molar-refractivity contribution in [1.82, 2.24) is 10.2 Å². The van der Waals surface area contributed by atoms with E-state index in [1.807, 2.05) is 6.92 Å². The Balaban J connectivity index is 1.70. The van der Waals surface area contributed by atoms with E-state index in [-0.39, 0.29) is 11.4 Å². The Morgan fingerprint density at radius 3 is 2.46 bits per heavy atom. The highest BCUT2D eigenvalue weighted by atomic mass is 32.2. The molecule has 1 unspecified atom stereocenters. The molecule has 8 heteroatoms. The van der Waals surface area contributed by atoms with Crippen LogP contribution >= 0.6 is 0 Å². The lowest BCUT2D eigenvalue weighted by atomic mass is 10.1. The average molecular weight is 350 g/mol. The second-order valence-electron chi connectivity index (χ2n) is 6.27. The minimum atomic E-state index is -3.86. The van der Waals surface area contributed by atoms with E-state index in [0.29, 0.717) is 5.96 Å². The van der Waals surface area contributed by atoms with E-state index in [4.69, 9.17) is 4.18 Å². The van der Waals surface area contributed by atoms with Gasteiger partial charge in [0, 0.05) is 32.4 Å². The van der Waals surface area contributed by atoms with E-state index in [9.17, 15) is 8.42 Å². The molecule has 0 saturated carbocycles. The third-order valence-corrected chi connectivity index (χ3v) is 5.45. The van der Waals surface area contributed by atoms with Gasteiger partial charge in [-0.2, -0.15) is 8.42 Å². The number of rotatable bonds is 3. The first-order valence-corrected chi connectivity index (χ1v) is 9.36. The summed E-state index contributed by atoms with van der Waals surface area (Å²) in [5.41, 5.74) is -0.0778. The maximum atomic E-state index is 12.4. The predicted octanol–water partition coefficient (Wildman–Crippen LogP) is 0.805. The van der Waals surface area contributed by atoms with Gasteiger partial charge in [-0.25, -0.2) is 9.98 Å². The summed E-state index contributed by atoms with van der Waals surface area (Å²) in [6, 6.07) is 6.58. The summed E-state index contributed by atoms with van der Waals surface area (Å²) >= 11 is 0. The van der Waals surface area contributed by atoms with Gasteiger partial charge in [-0.1, -0.05) is 17.7 Å². The molecule has 0 aromatic heterocycles. The molecular weight excluding hydrogens is 328 g/mol. The van der Waals surface area contributed by atoms with Crippen molar-refractivity contribution in [2.24, 2.45) is 9.98 Å². The molecule has 1 aromatic carbocycles. The first-order chi connectivity index (χ1) is 11.4. The summed E-state index contributed by atoms with van der Waals surface area (Å²) in [7, 11) is -3.86. The standard InChI is InChI=1S/C16H22N4O3S/c1-13-3-5-14(6-4-13)24(21,22)23-16(2)11-18-15(19-12-16)20-9-7-17-8-10-20/h3-6,11,17H,7-10,12H2,1-2H3. The molecule has 1 saturated heterocycles. The summed E-state index contributed by atoms with van der Waals surface area (Å²) in [6.45, 7) is 7.28. The maximum absolute atomic E-state index is 12.4. The molecule has 1 aromatic rings. The molecule has 1 atom stereocenters. The molecule has 0 radical (unpaired) electrons. The maximum Gasteiger partial charge on any atom is 0.297 e. The summed E-state index contributed by atoms with van der Waals surface area (Å²) in [5.74, 6) is 0.644. The fraction of sp³-hybridized carbons (Fsp3) is 0.500. The summed E-state index contributed by atoms with van der Waals surface area (Å²) < 4.78 is 30.3. The molecule has 7 nitrogen and oxygen atoms in total. The summed E-state index contributed by atoms with van der Waals surface area (Å²) in [5, 5.41) is 3.27. The molecule has 0 aliphatic carbocycles. The minimum absolute atomic E-state index is 0.139. The van der Waals surface area contributed by atoms with Gasteiger partial charge >= 0.3 is 0 Å². The third-order valence-electron chi connectivity index (χ3n) is 4.00. The number of aliphatic imine (C=N–C) groups is 2. The number of hydrogen-bond donors (Lipinski definition) is 1. The number of benzene rings is 1. The number of hydrogen-bond acceptors (Lipinski definition) is 7. The van der Waals surface area contributed by atoms with Gasteiger partial charge < -0.3 is 10.2 Å². The molecule has 2 aliphatic heterocycles. The molecule has 3 rings (SSSR count). The molecule has 0 amide bonds. The number of nitrogens with one attached hydrogen (secondary N) is 1. The van der Waals surface area contributed by atoms with Crippen molar-refractivity contribution in [2.75, 3.05) is 32.7 Å². The first-order valence-electron chi connectivity index (χ1n) is 7.96. The first kappa shape index (κ1) is 17.1. The van der Waals surface area contributed by atoms with Crippen molar-refractivity contribution in [3.05, 3.63) is 29.8 Å². The minimum Gasteiger partial charge on any atom is -0.339 e. The number of piperazine rings is 1. The molecule has 2 aliphatic rings. The van der Waals surface area contributed by atoms with Gasteiger partial charge in [0.2, 0.25) is 5.96 Å². The van der Waals surface area contributed by atoms with Gasteiger partial charge in [0.05, 0.1) is 11.4 Å². The largest absolute Gasteiger partial charge is 0.339 e. The molecule has 1 N–H and O–H groups in total. The SMILES string of the molecule is Cc1ccc(S(=O)(=O)OC2(C)C=NC(N3CCNCC3)=NC2)cc1. The Labute approximate surface area is 142 Å². The molecule has 1 fully saturated rings. The Bertz CT molecular complexity index is 752. The second-order valence-corrected chi connectivity index (χ2v) is 7.82. The molecule has 2 heterocycles. The number of guanidine groups is 1. The molecule has 24 heavy (non-hydrogen) atoms. The monoisotopic (exact) mass is 350 g/mol. The summed E-state index contributed by atoms with van der Waals surface area (Å²) in [4.78, 5) is 11.0. The quantitative estimate of drug-likeness (QED) is 0.816. The molecule has 0 spiro atoms. The highest BCUT2D eigenvalue weighted by molar-refractivity contribution is 7.86. The lowest BCUT2D eigenvalue weighted by Gasteiger charge is -2.32. The van der Waals surface area contributed by atoms with Gasteiger partial charge in [0.1, 0.15) is 5.60 Å². The van der Waals surface area contributed by atoms with Crippen LogP contribution in [0.15, 0.2) is 39.1 Å². The van der Waals surface area contributed by atoms with Crippen LogP contribution < -0.4 is 5.32 Å². The summed E-state index contributed by atoms with van der Waals surface area (Å²) in [6.07, 6.45) is 1.54. The van der Waals surface area contributed by atoms with Crippen LogP contribution in [0.4, 0.5) is 0 Å². The van der Waals surface area contributed by atoms with Crippen molar-refractivity contribution in [3.63, 3.8) is 0 Å². The Kier molecular flexibility index (Phi) is 4.71. The van der Waals surface area contributed by atoms with Crippen molar-refractivity contribution in [1.29, 1.82) is 0 Å². The average Bonchev–Trinajstić information content (AvgIpc) is 2.56. The topological polar surface area (TPSA) is 83.4 Å². The van der Waals surface area contributed by atoms with E-state index in [1.165, 1.54) is 0 Å². The van der Waals surface area contributed by atoms with Crippen LogP contribution in [0, 0.1) is 6.92 Å². The molecule has 0 bridgehead atoms. The van der Waals surface area contributed by atoms with Crippen molar-refractivity contribution in [2.45, 2.75) is 24.3 Å². The number of nitrogens with zero attached hydrogens (tertiary/aromatic N) is 3. The second kappa shape index (κ2) is 6.62. The lowest BCUT2D eigenvalue weighted by Crippen LogP contribution is -2.48. The van der Waals surface area contributed by atoms with Crippen LogP contribution in [0.5, 0.6) is 0 Å². The van der Waals surface area contributed by atoms with E-state index in [0.717, 1.165) is 31.7 Å². The zero-order chi connectivity index (χ0) is 17.2. The third kappa shape index (κ3) is 3.82. The van der Waals surface area contributed by atoms with E-state index >= 15 is 0 Å². The van der Waals surface area contributed by atoms with E-state index in [2.05, 4.69) is 20.2 Å². The smallest absolute Gasteiger partial charge is 0.297 e. The zero-order valence-electron chi connectivity index (χ0n) is 13.9. The van der Waals surface area contributed by atoms with Crippen molar-refractivity contribution < 1.29 is 12.6 Å². The van der Waals surface area contributed by atoms with E-state index in [1.54, 1.807) is 37.4 Å². The predicted molar refractivity (Wildman–Crippen MR) is 93.1 cm³/mol. The van der Waals surface area contributed by atoms with Gasteiger partial charge in [-0.3, -0.25) is 4.18 Å². The Morgan fingerprint density at radius 1 is 1.21 bits per heavy atom. The van der Waals surface area contributed by atoms with Gasteiger partial charge in [0.25, 0.3) is 10.1 Å². The van der Waals surface area contributed by atoms with E-state index < -0.39 is 15.7 Å². The highest BCUT2D eigenvalue weighted by Gasteiger charge is 2.34. The van der Waals surface area contributed by atoms with Crippen LogP contribution in [-0.4, -0.2) is 63.8 Å². The highest BCUT2D eigenvalue weighted by Crippen LogP contribution is 2.22. The molecular formula is C16H22N4O3S. The number of aryl methyl sites for hydroxylation is 1. The fourth-order valence-corrected chi connectivity index (χ4v) is 3.76. The van der Waals surface area contributed by atoms with Gasteiger partial charge in [-0.15, -0.1) is 0 Å². The normalized spacial score (nSPS) is 24.8. The Morgan fingerprint density at radius 2 is 1.88 bits per heavy atom. The zero-order valence-corrected chi connectivity index (χ0v) is 14.7. The van der Waals surface area contributed by atoms with Crippen LogP contribution in [0.1, 0.15) is 12.5 Å². The fourth-order valence-electron chi connectivity index (χ4n) is 2.60. The molecule has 130 valence electrons. The van der Waals surface area contributed by atoms with Crippen LogP contribution in [0.2, 0.25) is 0 Å². The van der Waals surface area contributed by atoms with Crippen LogP contribution in [0.3, 0.4) is 0 Å².